The summed E-state index contributed by atoms with van der Waals surface area (Å²) < 4.78 is 28.0. The molecule has 4 rings (SSSR count). The van der Waals surface area contributed by atoms with Crippen LogP contribution in [-0.2, 0) is 23.0 Å². The molecular formula is C20H19N3O3S. The highest BCUT2D eigenvalue weighted by Crippen LogP contribution is 2.38. The topological polar surface area (TPSA) is 83.4 Å². The van der Waals surface area contributed by atoms with E-state index in [1.54, 1.807) is 55.0 Å². The van der Waals surface area contributed by atoms with Crippen molar-refractivity contribution in [3.05, 3.63) is 90.0 Å². The average Bonchev–Trinajstić information content (AvgIpc) is 2.71. The number of rotatable bonds is 4. The maximum Gasteiger partial charge on any atom is 0.244 e. The first-order valence-corrected chi connectivity index (χ1v) is 10.1. The van der Waals surface area contributed by atoms with Gasteiger partial charge < -0.3 is 5.11 Å². The molecular weight excluding hydrogens is 362 g/mol. The van der Waals surface area contributed by atoms with Gasteiger partial charge in [-0.25, -0.2) is 8.42 Å². The molecule has 2 atom stereocenters. The highest BCUT2D eigenvalue weighted by atomic mass is 32.2. The summed E-state index contributed by atoms with van der Waals surface area (Å²) in [5, 5.41) is 11.0. The van der Waals surface area contributed by atoms with Crippen LogP contribution in [0.5, 0.6) is 0 Å². The molecule has 0 radical (unpaired) electrons. The largest absolute Gasteiger partial charge is 0.387 e. The van der Waals surface area contributed by atoms with Gasteiger partial charge >= 0.3 is 0 Å². The lowest BCUT2D eigenvalue weighted by atomic mass is 9.97. The number of pyridine rings is 2. The summed E-state index contributed by atoms with van der Waals surface area (Å²) in [5.74, 6) is 0. The van der Waals surface area contributed by atoms with Gasteiger partial charge in [0.15, 0.2) is 0 Å². The summed E-state index contributed by atoms with van der Waals surface area (Å²) in [7, 11) is -3.77. The molecule has 0 amide bonds. The molecule has 3 heterocycles. The van der Waals surface area contributed by atoms with E-state index < -0.39 is 22.2 Å². The Morgan fingerprint density at radius 2 is 1.81 bits per heavy atom. The molecule has 0 aliphatic carbocycles. The van der Waals surface area contributed by atoms with Crippen molar-refractivity contribution in [2.45, 2.75) is 30.0 Å². The Hall–Kier alpha value is -2.61. The smallest absolute Gasteiger partial charge is 0.244 e. The number of hydrogen-bond donors (Lipinski definition) is 1. The van der Waals surface area contributed by atoms with Crippen molar-refractivity contribution in [2.24, 2.45) is 0 Å². The molecule has 0 saturated carbocycles. The van der Waals surface area contributed by atoms with Crippen molar-refractivity contribution in [1.29, 1.82) is 0 Å². The molecule has 1 aliphatic heterocycles. The molecule has 1 aliphatic rings. The summed E-state index contributed by atoms with van der Waals surface area (Å²) in [4.78, 5) is 8.53. The van der Waals surface area contributed by atoms with Gasteiger partial charge in [-0.3, -0.25) is 9.97 Å². The number of aliphatic hydroxyl groups is 1. The standard InChI is InChI=1S/C20H19N3O3S/c24-20-17-8-1-2-9-19(17)27(25,26)23(14-15-6-5-10-21-13-15)18(20)12-16-7-3-4-11-22-16/h1-11,13,18,20,24H,12,14H2. The number of sulfonamides is 1. The van der Waals surface area contributed by atoms with Crippen molar-refractivity contribution in [3.8, 4) is 0 Å². The van der Waals surface area contributed by atoms with E-state index in [0.29, 0.717) is 12.0 Å². The van der Waals surface area contributed by atoms with Crippen LogP contribution >= 0.6 is 0 Å². The maximum atomic E-state index is 13.3. The second-order valence-corrected chi connectivity index (χ2v) is 8.35. The Morgan fingerprint density at radius 3 is 2.56 bits per heavy atom. The third-order valence-electron chi connectivity index (χ3n) is 4.76. The Kier molecular flexibility index (Phi) is 4.73. The van der Waals surface area contributed by atoms with E-state index in [1.807, 2.05) is 18.2 Å². The first-order valence-electron chi connectivity index (χ1n) is 8.65. The summed E-state index contributed by atoms with van der Waals surface area (Å²) in [5.41, 5.74) is 1.92. The van der Waals surface area contributed by atoms with Crippen LogP contribution in [0.1, 0.15) is 22.9 Å². The number of aliphatic hydroxyl groups excluding tert-OH is 1. The molecule has 1 aromatic carbocycles. The Labute approximate surface area is 158 Å². The van der Waals surface area contributed by atoms with Gasteiger partial charge in [0.05, 0.1) is 17.0 Å². The second kappa shape index (κ2) is 7.19. The fourth-order valence-electron chi connectivity index (χ4n) is 3.45. The van der Waals surface area contributed by atoms with Crippen molar-refractivity contribution < 1.29 is 13.5 Å². The fraction of sp³-hybridized carbons (Fsp3) is 0.200. The van der Waals surface area contributed by atoms with Crippen LogP contribution in [-0.4, -0.2) is 33.8 Å². The predicted octanol–water partition coefficient (Wildman–Crippen LogP) is 2.33. The first kappa shape index (κ1) is 17.8. The lowest BCUT2D eigenvalue weighted by molar-refractivity contribution is 0.0764. The van der Waals surface area contributed by atoms with Crippen molar-refractivity contribution >= 4 is 10.0 Å². The van der Waals surface area contributed by atoms with Gasteiger partial charge in [0.1, 0.15) is 0 Å². The van der Waals surface area contributed by atoms with Gasteiger partial charge in [-0.2, -0.15) is 4.31 Å². The van der Waals surface area contributed by atoms with Crippen LogP contribution < -0.4 is 0 Å². The van der Waals surface area contributed by atoms with E-state index in [-0.39, 0.29) is 11.4 Å². The normalized spacial score (nSPS) is 21.5. The minimum absolute atomic E-state index is 0.138. The fourth-order valence-corrected chi connectivity index (χ4v) is 5.30. The average molecular weight is 381 g/mol. The van der Waals surface area contributed by atoms with Crippen LogP contribution in [0.15, 0.2) is 78.1 Å². The van der Waals surface area contributed by atoms with Gasteiger partial charge in [0.2, 0.25) is 10.0 Å². The van der Waals surface area contributed by atoms with Gasteiger partial charge in [0.25, 0.3) is 0 Å². The third-order valence-corrected chi connectivity index (χ3v) is 6.71. The molecule has 7 heteroatoms. The van der Waals surface area contributed by atoms with Crippen molar-refractivity contribution in [2.75, 3.05) is 0 Å². The van der Waals surface area contributed by atoms with Crippen LogP contribution in [0.3, 0.4) is 0 Å². The van der Waals surface area contributed by atoms with Crippen LogP contribution in [0.25, 0.3) is 0 Å². The van der Waals surface area contributed by atoms with Gasteiger partial charge in [0, 0.05) is 42.8 Å². The third kappa shape index (κ3) is 3.37. The lowest BCUT2D eigenvalue weighted by Gasteiger charge is -2.39. The Morgan fingerprint density at radius 1 is 1.00 bits per heavy atom. The summed E-state index contributed by atoms with van der Waals surface area (Å²) in [6.07, 6.45) is 4.32. The minimum atomic E-state index is -3.77. The van der Waals surface area contributed by atoms with Gasteiger partial charge in [-0.05, 0) is 29.8 Å². The Balaban J connectivity index is 1.80. The Bertz CT molecular complexity index is 1030. The molecule has 2 unspecified atom stereocenters. The van der Waals surface area contributed by atoms with Gasteiger partial charge in [-0.15, -0.1) is 0 Å². The molecule has 2 aromatic heterocycles. The molecule has 0 bridgehead atoms. The number of aromatic nitrogens is 2. The number of nitrogens with zero attached hydrogens (tertiary/aromatic N) is 3. The van der Waals surface area contributed by atoms with Gasteiger partial charge in [-0.1, -0.05) is 30.3 Å². The molecule has 0 saturated heterocycles. The quantitative estimate of drug-likeness (QED) is 0.750. The number of benzene rings is 1. The van der Waals surface area contributed by atoms with E-state index in [4.69, 9.17) is 0 Å². The molecule has 0 fully saturated rings. The van der Waals surface area contributed by atoms with E-state index in [1.165, 1.54) is 4.31 Å². The van der Waals surface area contributed by atoms with E-state index in [2.05, 4.69) is 9.97 Å². The second-order valence-electron chi connectivity index (χ2n) is 6.49. The van der Waals surface area contributed by atoms with Crippen LogP contribution in [0.4, 0.5) is 0 Å². The van der Waals surface area contributed by atoms with Crippen molar-refractivity contribution in [1.82, 2.24) is 14.3 Å². The zero-order valence-corrected chi connectivity index (χ0v) is 15.3. The minimum Gasteiger partial charge on any atom is -0.387 e. The molecule has 6 nitrogen and oxygen atoms in total. The zero-order valence-electron chi connectivity index (χ0n) is 14.5. The monoisotopic (exact) mass is 381 g/mol. The highest BCUT2D eigenvalue weighted by molar-refractivity contribution is 7.89. The summed E-state index contributed by atoms with van der Waals surface area (Å²) >= 11 is 0. The molecule has 138 valence electrons. The zero-order chi connectivity index (χ0) is 18.9. The predicted molar refractivity (Wildman–Crippen MR) is 100 cm³/mol. The molecule has 0 spiro atoms. The van der Waals surface area contributed by atoms with E-state index >= 15 is 0 Å². The SMILES string of the molecule is O=S1(=O)c2ccccc2C(O)C(Cc2ccccn2)N1Cc1cccnc1. The summed E-state index contributed by atoms with van der Waals surface area (Å²) in [6, 6.07) is 15.1. The number of hydrogen-bond acceptors (Lipinski definition) is 5. The number of fused-ring (bicyclic) bond motifs is 1. The lowest BCUT2D eigenvalue weighted by Crippen LogP contribution is -2.48. The van der Waals surface area contributed by atoms with E-state index in [9.17, 15) is 13.5 Å². The first-order chi connectivity index (χ1) is 13.1. The van der Waals surface area contributed by atoms with E-state index in [0.717, 1.165) is 11.3 Å². The maximum absolute atomic E-state index is 13.3. The molecule has 27 heavy (non-hydrogen) atoms. The molecule has 3 aromatic rings. The van der Waals surface area contributed by atoms with Crippen molar-refractivity contribution in [3.63, 3.8) is 0 Å². The summed E-state index contributed by atoms with van der Waals surface area (Å²) in [6.45, 7) is 0.138. The van der Waals surface area contributed by atoms with Crippen LogP contribution in [0.2, 0.25) is 0 Å². The highest BCUT2D eigenvalue weighted by Gasteiger charge is 2.43. The van der Waals surface area contributed by atoms with Crippen LogP contribution in [0, 0.1) is 0 Å². The molecule has 1 N–H and O–H groups in total.